The highest BCUT2D eigenvalue weighted by Gasteiger charge is 2.07. The minimum Gasteiger partial charge on any atom is -0.390 e. The average Bonchev–Trinajstić information content (AvgIpc) is 2.25. The van der Waals surface area contributed by atoms with Crippen molar-refractivity contribution in [2.75, 3.05) is 32.7 Å². The zero-order valence-corrected chi connectivity index (χ0v) is 10.4. The van der Waals surface area contributed by atoms with Crippen molar-refractivity contribution in [2.24, 2.45) is 0 Å². The van der Waals surface area contributed by atoms with Crippen molar-refractivity contribution in [3.05, 3.63) is 12.2 Å². The third-order valence-corrected chi connectivity index (χ3v) is 2.47. The van der Waals surface area contributed by atoms with Crippen LogP contribution in [0.2, 0.25) is 0 Å². The van der Waals surface area contributed by atoms with Gasteiger partial charge in [0.15, 0.2) is 0 Å². The van der Waals surface area contributed by atoms with Gasteiger partial charge in [0.25, 0.3) is 0 Å². The Hall–Kier alpha value is -0.380. The number of allylic oxidation sites excluding steroid dienone is 1. The van der Waals surface area contributed by atoms with Gasteiger partial charge >= 0.3 is 0 Å². The largest absolute Gasteiger partial charge is 0.390 e. The van der Waals surface area contributed by atoms with Crippen molar-refractivity contribution >= 4 is 0 Å². The molecule has 0 spiro atoms. The van der Waals surface area contributed by atoms with E-state index in [1.807, 2.05) is 13.0 Å². The summed E-state index contributed by atoms with van der Waals surface area (Å²) < 4.78 is 0. The number of rotatable bonds is 9. The first-order chi connectivity index (χ1) is 7.24. The minimum atomic E-state index is -0.254. The van der Waals surface area contributed by atoms with E-state index in [9.17, 15) is 5.11 Å². The molecule has 0 amide bonds. The van der Waals surface area contributed by atoms with E-state index < -0.39 is 0 Å². The van der Waals surface area contributed by atoms with E-state index in [-0.39, 0.29) is 6.10 Å². The molecule has 0 aliphatic rings. The Morgan fingerprint density at radius 3 is 2.53 bits per heavy atom. The molecule has 90 valence electrons. The number of nitrogens with one attached hydrogen (secondary N) is 1. The molecule has 0 saturated heterocycles. The molecule has 0 fully saturated rings. The summed E-state index contributed by atoms with van der Waals surface area (Å²) in [5.74, 6) is 0. The van der Waals surface area contributed by atoms with Crippen LogP contribution < -0.4 is 5.32 Å². The maximum absolute atomic E-state index is 9.72. The summed E-state index contributed by atoms with van der Waals surface area (Å²) in [5, 5.41) is 13.0. The molecule has 0 aromatic rings. The van der Waals surface area contributed by atoms with E-state index in [0.29, 0.717) is 6.54 Å². The fourth-order valence-electron chi connectivity index (χ4n) is 1.47. The normalized spacial score (nSPS) is 13.9. The lowest BCUT2D eigenvalue weighted by Gasteiger charge is -2.21. The highest BCUT2D eigenvalue weighted by atomic mass is 16.3. The number of likely N-dealkylation sites (N-methyl/N-ethyl adjacent to an activating group) is 1. The maximum atomic E-state index is 9.72. The van der Waals surface area contributed by atoms with Crippen LogP contribution in [0.5, 0.6) is 0 Å². The molecule has 0 radical (unpaired) electrons. The molecular formula is C12H26N2O. The second-order valence-corrected chi connectivity index (χ2v) is 3.70. The van der Waals surface area contributed by atoms with Crippen molar-refractivity contribution in [3.63, 3.8) is 0 Å². The summed E-state index contributed by atoms with van der Waals surface area (Å²) in [6.45, 7) is 10.7. The molecule has 1 unspecified atom stereocenters. The monoisotopic (exact) mass is 214 g/mol. The van der Waals surface area contributed by atoms with E-state index in [4.69, 9.17) is 0 Å². The molecule has 1 atom stereocenters. The lowest BCUT2D eigenvalue weighted by Crippen LogP contribution is -2.38. The van der Waals surface area contributed by atoms with Gasteiger partial charge in [0.2, 0.25) is 0 Å². The standard InChI is InChI=1S/C12H26N2O/c1-4-7-8-9-13-10-12(15)11-14(5-2)6-3/h4,7,12-13,15H,5-6,8-11H2,1-3H3/b7-4+. The fraction of sp³-hybridized carbons (Fsp3) is 0.833. The van der Waals surface area contributed by atoms with E-state index in [1.165, 1.54) is 0 Å². The Labute approximate surface area is 94.2 Å². The quantitative estimate of drug-likeness (QED) is 0.448. The lowest BCUT2D eigenvalue weighted by molar-refractivity contribution is 0.117. The molecule has 0 aromatic carbocycles. The van der Waals surface area contributed by atoms with Crippen molar-refractivity contribution in [1.82, 2.24) is 10.2 Å². The van der Waals surface area contributed by atoms with Crippen LogP contribution >= 0.6 is 0 Å². The molecule has 15 heavy (non-hydrogen) atoms. The predicted molar refractivity (Wildman–Crippen MR) is 66.1 cm³/mol. The van der Waals surface area contributed by atoms with Gasteiger partial charge in [-0.05, 0) is 33.0 Å². The topological polar surface area (TPSA) is 35.5 Å². The zero-order chi connectivity index (χ0) is 11.5. The first-order valence-corrected chi connectivity index (χ1v) is 5.96. The highest BCUT2D eigenvalue weighted by Crippen LogP contribution is 1.91. The Morgan fingerprint density at radius 1 is 1.33 bits per heavy atom. The van der Waals surface area contributed by atoms with Crippen LogP contribution in [-0.4, -0.2) is 48.8 Å². The molecule has 0 heterocycles. The second kappa shape index (κ2) is 10.1. The van der Waals surface area contributed by atoms with E-state index in [2.05, 4.69) is 30.1 Å². The predicted octanol–water partition coefficient (Wildman–Crippen LogP) is 1.24. The highest BCUT2D eigenvalue weighted by molar-refractivity contribution is 4.77. The van der Waals surface area contributed by atoms with E-state index in [0.717, 1.165) is 32.6 Å². The Balaban J connectivity index is 3.43. The molecule has 3 heteroatoms. The van der Waals surface area contributed by atoms with Gasteiger partial charge in [0, 0.05) is 13.1 Å². The van der Waals surface area contributed by atoms with Crippen LogP contribution in [0, 0.1) is 0 Å². The molecular weight excluding hydrogens is 188 g/mol. The molecule has 0 bridgehead atoms. The number of aliphatic hydroxyl groups excluding tert-OH is 1. The van der Waals surface area contributed by atoms with Crippen LogP contribution in [0.25, 0.3) is 0 Å². The van der Waals surface area contributed by atoms with Gasteiger partial charge in [0.05, 0.1) is 6.10 Å². The maximum Gasteiger partial charge on any atom is 0.0791 e. The van der Waals surface area contributed by atoms with Gasteiger partial charge in [0.1, 0.15) is 0 Å². The van der Waals surface area contributed by atoms with Crippen molar-refractivity contribution in [1.29, 1.82) is 0 Å². The fourth-order valence-corrected chi connectivity index (χ4v) is 1.47. The summed E-state index contributed by atoms with van der Waals surface area (Å²) >= 11 is 0. The number of aliphatic hydroxyl groups is 1. The van der Waals surface area contributed by atoms with Crippen LogP contribution in [0.1, 0.15) is 27.2 Å². The number of hydrogen-bond donors (Lipinski definition) is 2. The van der Waals surface area contributed by atoms with Gasteiger partial charge in [-0.3, -0.25) is 0 Å². The summed E-state index contributed by atoms with van der Waals surface area (Å²) in [6, 6.07) is 0. The Kier molecular flexibility index (Phi) is 9.89. The van der Waals surface area contributed by atoms with Gasteiger partial charge in [-0.25, -0.2) is 0 Å². The van der Waals surface area contributed by atoms with Crippen molar-refractivity contribution < 1.29 is 5.11 Å². The van der Waals surface area contributed by atoms with Gasteiger partial charge < -0.3 is 15.3 Å². The van der Waals surface area contributed by atoms with Crippen molar-refractivity contribution in [3.8, 4) is 0 Å². The summed E-state index contributed by atoms with van der Waals surface area (Å²) in [5.41, 5.74) is 0. The molecule has 3 nitrogen and oxygen atoms in total. The summed E-state index contributed by atoms with van der Waals surface area (Å²) in [4.78, 5) is 2.23. The third-order valence-electron chi connectivity index (χ3n) is 2.47. The average molecular weight is 214 g/mol. The lowest BCUT2D eigenvalue weighted by atomic mass is 10.3. The van der Waals surface area contributed by atoms with Crippen LogP contribution in [0.15, 0.2) is 12.2 Å². The Morgan fingerprint density at radius 2 is 2.00 bits per heavy atom. The summed E-state index contributed by atoms with van der Waals surface area (Å²) in [7, 11) is 0. The molecule has 0 aromatic heterocycles. The molecule has 0 rings (SSSR count). The van der Waals surface area contributed by atoms with Crippen LogP contribution in [0.3, 0.4) is 0 Å². The number of hydrogen-bond acceptors (Lipinski definition) is 3. The van der Waals surface area contributed by atoms with Gasteiger partial charge in [-0.2, -0.15) is 0 Å². The first kappa shape index (κ1) is 14.6. The van der Waals surface area contributed by atoms with Crippen molar-refractivity contribution in [2.45, 2.75) is 33.3 Å². The SMILES string of the molecule is C/C=C/CCNCC(O)CN(CC)CC. The third kappa shape index (κ3) is 8.60. The Bertz CT molecular complexity index is 156. The molecule has 0 aliphatic carbocycles. The second-order valence-electron chi connectivity index (χ2n) is 3.70. The van der Waals surface area contributed by atoms with E-state index >= 15 is 0 Å². The van der Waals surface area contributed by atoms with E-state index in [1.54, 1.807) is 0 Å². The van der Waals surface area contributed by atoms with Gasteiger partial charge in [-0.15, -0.1) is 0 Å². The first-order valence-electron chi connectivity index (χ1n) is 5.96. The summed E-state index contributed by atoms with van der Waals surface area (Å²) in [6.07, 6.45) is 4.96. The molecule has 0 saturated carbocycles. The zero-order valence-electron chi connectivity index (χ0n) is 10.4. The minimum absolute atomic E-state index is 0.254. The molecule has 2 N–H and O–H groups in total. The number of nitrogens with zero attached hydrogens (tertiary/aromatic N) is 1. The van der Waals surface area contributed by atoms with Crippen LogP contribution in [0.4, 0.5) is 0 Å². The smallest absolute Gasteiger partial charge is 0.0791 e. The van der Waals surface area contributed by atoms with Crippen LogP contribution in [-0.2, 0) is 0 Å². The molecule has 0 aliphatic heterocycles. The van der Waals surface area contributed by atoms with Gasteiger partial charge in [-0.1, -0.05) is 26.0 Å².